The van der Waals surface area contributed by atoms with Crippen molar-refractivity contribution in [2.45, 2.75) is 76.8 Å². The van der Waals surface area contributed by atoms with Crippen LogP contribution in [0.25, 0.3) is 0 Å². The molecule has 2 fully saturated rings. The van der Waals surface area contributed by atoms with E-state index in [1.54, 1.807) is 0 Å². The lowest BCUT2D eigenvalue weighted by Crippen LogP contribution is -2.62. The molecule has 0 spiro atoms. The summed E-state index contributed by atoms with van der Waals surface area (Å²) in [6, 6.07) is 0. The van der Waals surface area contributed by atoms with Crippen LogP contribution in [0.5, 0.6) is 0 Å². The first-order valence-corrected chi connectivity index (χ1v) is 7.70. The quantitative estimate of drug-likeness (QED) is 0.740. The van der Waals surface area contributed by atoms with Gasteiger partial charge in [-0.3, -0.25) is 0 Å². The molecule has 2 saturated carbocycles. The molecule has 0 heterocycles. The van der Waals surface area contributed by atoms with Crippen molar-refractivity contribution in [3.05, 3.63) is 0 Å². The van der Waals surface area contributed by atoms with E-state index in [-0.39, 0.29) is 0 Å². The van der Waals surface area contributed by atoms with Gasteiger partial charge in [-0.05, 0) is 30.6 Å². The van der Waals surface area contributed by atoms with Gasteiger partial charge in [-0.15, -0.1) is 0 Å². The monoisotopic (exact) mass is 238 g/mol. The highest BCUT2D eigenvalue weighted by Crippen LogP contribution is 2.39. The van der Waals surface area contributed by atoms with Gasteiger partial charge >= 0.3 is 0 Å². The Hall–Kier alpha value is -0.0800. The second-order valence-electron chi connectivity index (χ2n) is 6.52. The summed E-state index contributed by atoms with van der Waals surface area (Å²) in [6.07, 6.45) is 13.4. The maximum Gasteiger partial charge on any atom is 0.0694 e. The molecule has 2 aliphatic rings. The fourth-order valence-corrected chi connectivity index (χ4v) is 4.02. The Balaban J connectivity index is 1.96. The number of hydrogen-bond acceptors (Lipinski definition) is 2. The molecule has 0 aromatic rings. The van der Waals surface area contributed by atoms with Gasteiger partial charge in [0.15, 0.2) is 0 Å². The van der Waals surface area contributed by atoms with E-state index in [1.807, 2.05) is 0 Å². The van der Waals surface area contributed by atoms with Crippen LogP contribution in [0.3, 0.4) is 0 Å². The van der Waals surface area contributed by atoms with Crippen LogP contribution in [0.4, 0.5) is 0 Å². The van der Waals surface area contributed by atoms with Crippen LogP contribution >= 0.6 is 0 Å². The van der Waals surface area contributed by atoms with Crippen molar-refractivity contribution in [2.24, 2.45) is 29.2 Å². The summed E-state index contributed by atoms with van der Waals surface area (Å²) in [4.78, 5) is 0. The lowest BCUT2D eigenvalue weighted by molar-refractivity contribution is 0.0913. The fourth-order valence-electron chi connectivity index (χ4n) is 4.02. The maximum atomic E-state index is 6.54. The lowest BCUT2D eigenvalue weighted by Gasteiger charge is -2.45. The molecule has 0 aromatic carbocycles. The average molecular weight is 238 g/mol. The van der Waals surface area contributed by atoms with Gasteiger partial charge in [-0.1, -0.05) is 58.3 Å². The van der Waals surface area contributed by atoms with E-state index < -0.39 is 5.66 Å². The van der Waals surface area contributed by atoms with Crippen LogP contribution in [-0.2, 0) is 0 Å². The molecule has 100 valence electrons. The zero-order valence-electron chi connectivity index (χ0n) is 11.5. The first kappa shape index (κ1) is 13.4. The van der Waals surface area contributed by atoms with Crippen LogP contribution in [-0.4, -0.2) is 5.66 Å². The van der Waals surface area contributed by atoms with Crippen molar-refractivity contribution in [1.82, 2.24) is 0 Å². The van der Waals surface area contributed by atoms with Crippen LogP contribution in [0.1, 0.15) is 71.1 Å². The summed E-state index contributed by atoms with van der Waals surface area (Å²) in [6.45, 7) is 2.31. The Kier molecular flexibility index (Phi) is 4.48. The molecular weight excluding hydrogens is 208 g/mol. The third-order valence-electron chi connectivity index (χ3n) is 5.46. The van der Waals surface area contributed by atoms with Gasteiger partial charge in [-0.25, -0.2) is 0 Å². The zero-order valence-corrected chi connectivity index (χ0v) is 11.5. The van der Waals surface area contributed by atoms with E-state index in [2.05, 4.69) is 6.92 Å². The Morgan fingerprint density at radius 3 is 1.82 bits per heavy atom. The van der Waals surface area contributed by atoms with E-state index in [9.17, 15) is 0 Å². The van der Waals surface area contributed by atoms with Gasteiger partial charge in [0, 0.05) is 0 Å². The van der Waals surface area contributed by atoms with Crippen molar-refractivity contribution in [1.29, 1.82) is 0 Å². The van der Waals surface area contributed by atoms with Gasteiger partial charge in [0.1, 0.15) is 0 Å². The van der Waals surface area contributed by atoms with Crippen LogP contribution in [0.2, 0.25) is 0 Å². The highest BCUT2D eigenvalue weighted by Gasteiger charge is 2.40. The fraction of sp³-hybridized carbons (Fsp3) is 1.00. The van der Waals surface area contributed by atoms with E-state index >= 15 is 0 Å². The summed E-state index contributed by atoms with van der Waals surface area (Å²) >= 11 is 0. The molecule has 2 nitrogen and oxygen atoms in total. The number of nitrogens with two attached hydrogens (primary N) is 2. The van der Waals surface area contributed by atoms with Gasteiger partial charge < -0.3 is 11.5 Å². The molecule has 0 bridgehead atoms. The minimum absolute atomic E-state index is 0.414. The third-order valence-corrected chi connectivity index (χ3v) is 5.46. The molecule has 4 N–H and O–H groups in total. The molecule has 2 heteroatoms. The molecule has 0 aromatic heterocycles. The van der Waals surface area contributed by atoms with Crippen molar-refractivity contribution in [3.8, 4) is 0 Å². The van der Waals surface area contributed by atoms with Crippen LogP contribution < -0.4 is 11.5 Å². The summed E-state index contributed by atoms with van der Waals surface area (Å²) in [7, 11) is 0. The Bertz CT molecular complexity index is 225. The van der Waals surface area contributed by atoms with Gasteiger partial charge in [0.25, 0.3) is 0 Å². The molecular formula is C15H30N2. The maximum absolute atomic E-state index is 6.54. The van der Waals surface area contributed by atoms with Crippen molar-refractivity contribution < 1.29 is 0 Å². The number of hydrogen-bond donors (Lipinski definition) is 2. The Morgan fingerprint density at radius 1 is 0.824 bits per heavy atom. The molecule has 17 heavy (non-hydrogen) atoms. The summed E-state index contributed by atoms with van der Waals surface area (Å²) in [5, 5.41) is 0. The average Bonchev–Trinajstić information content (AvgIpc) is 2.40. The van der Waals surface area contributed by atoms with E-state index in [0.29, 0.717) is 11.8 Å². The van der Waals surface area contributed by atoms with Gasteiger partial charge in [0.2, 0.25) is 0 Å². The number of rotatable bonds is 3. The largest absolute Gasteiger partial charge is 0.313 e. The summed E-state index contributed by atoms with van der Waals surface area (Å²) < 4.78 is 0. The molecule has 0 amide bonds. The third kappa shape index (κ3) is 3.03. The van der Waals surface area contributed by atoms with Crippen molar-refractivity contribution >= 4 is 0 Å². The second kappa shape index (κ2) is 5.71. The van der Waals surface area contributed by atoms with Gasteiger partial charge in [-0.2, -0.15) is 0 Å². The molecule has 2 rings (SSSR count). The minimum atomic E-state index is -0.414. The Labute approximate surface area is 107 Å². The zero-order chi connectivity index (χ0) is 12.3. The van der Waals surface area contributed by atoms with Gasteiger partial charge in [0.05, 0.1) is 5.66 Å². The highest BCUT2D eigenvalue weighted by atomic mass is 15.0. The molecule has 2 aliphatic carbocycles. The van der Waals surface area contributed by atoms with Crippen LogP contribution in [0, 0.1) is 17.8 Å². The molecule has 0 radical (unpaired) electrons. The first-order valence-electron chi connectivity index (χ1n) is 7.70. The molecule has 1 atom stereocenters. The minimum Gasteiger partial charge on any atom is -0.313 e. The lowest BCUT2D eigenvalue weighted by atomic mass is 9.68. The normalized spacial score (nSPS) is 27.0. The molecule has 1 unspecified atom stereocenters. The molecule has 0 aliphatic heterocycles. The second-order valence-corrected chi connectivity index (χ2v) is 6.52. The smallest absolute Gasteiger partial charge is 0.0694 e. The first-order chi connectivity index (χ1) is 8.12. The van der Waals surface area contributed by atoms with Crippen molar-refractivity contribution in [2.75, 3.05) is 0 Å². The topological polar surface area (TPSA) is 52.0 Å². The van der Waals surface area contributed by atoms with Crippen LogP contribution in [0.15, 0.2) is 0 Å². The predicted molar refractivity (Wildman–Crippen MR) is 73.4 cm³/mol. The molecule has 0 saturated heterocycles. The van der Waals surface area contributed by atoms with E-state index in [4.69, 9.17) is 11.5 Å². The Morgan fingerprint density at radius 2 is 1.29 bits per heavy atom. The SMILES string of the molecule is CC(C1CCCCC1)C(N)(N)C1CCCCC1. The standard InChI is InChI=1S/C15H30N2/c1-12(13-8-4-2-5-9-13)15(16,17)14-10-6-3-7-11-14/h12-14H,2-11,16-17H2,1H3. The predicted octanol–water partition coefficient (Wildman–Crippen LogP) is 3.40. The highest BCUT2D eigenvalue weighted by molar-refractivity contribution is 4.94. The summed E-state index contributed by atoms with van der Waals surface area (Å²) in [5.41, 5.74) is 12.7. The van der Waals surface area contributed by atoms with E-state index in [0.717, 1.165) is 5.92 Å². The van der Waals surface area contributed by atoms with Crippen molar-refractivity contribution in [3.63, 3.8) is 0 Å². The van der Waals surface area contributed by atoms with E-state index in [1.165, 1.54) is 64.2 Å². The summed E-state index contributed by atoms with van der Waals surface area (Å²) in [5.74, 6) is 1.83.